The first kappa shape index (κ1) is 26.0. The zero-order valence-corrected chi connectivity index (χ0v) is 23.2. The van der Waals surface area contributed by atoms with E-state index in [0.29, 0.717) is 27.0 Å². The van der Waals surface area contributed by atoms with Gasteiger partial charge in [-0.1, -0.05) is 46.9 Å². The minimum Gasteiger partial charge on any atom is -0.497 e. The number of carbonyl (C=O) groups excluding carboxylic acids is 3. The Morgan fingerprint density at radius 1 is 1.02 bits per heavy atom. The zero-order chi connectivity index (χ0) is 28.0. The van der Waals surface area contributed by atoms with Crippen LogP contribution in [0.2, 0.25) is 0 Å². The Morgan fingerprint density at radius 2 is 1.77 bits per heavy atom. The van der Waals surface area contributed by atoms with Crippen molar-refractivity contribution in [2.45, 2.75) is 29.7 Å². The van der Waals surface area contributed by atoms with Crippen LogP contribution in [0.4, 0.5) is 11.4 Å². The monoisotopic (exact) mass is 572 g/mol. The highest BCUT2D eigenvalue weighted by Crippen LogP contribution is 2.53. The van der Waals surface area contributed by atoms with Crippen LogP contribution < -0.4 is 19.8 Å². The SMILES string of the molecule is COc1ccc(NC(=O)Cn2c3c(sc2=O)[C@H](c2cccnc2)C2C(=O)N(c4ccc(C)cc4)C(=O)C2S3)cc1. The number of amides is 3. The third-order valence-corrected chi connectivity index (χ3v) is 9.66. The number of fused-ring (bicyclic) bond motifs is 2. The van der Waals surface area contributed by atoms with Gasteiger partial charge in [0.1, 0.15) is 17.5 Å². The van der Waals surface area contributed by atoms with Crippen LogP contribution in [0.25, 0.3) is 0 Å². The number of pyridine rings is 1. The van der Waals surface area contributed by atoms with E-state index >= 15 is 0 Å². The van der Waals surface area contributed by atoms with Crippen LogP contribution in [-0.4, -0.2) is 39.6 Å². The van der Waals surface area contributed by atoms with E-state index in [1.807, 2.05) is 25.1 Å². The molecule has 0 aliphatic carbocycles. The number of nitrogens with one attached hydrogen (secondary N) is 1. The number of nitrogens with zero attached hydrogens (tertiary/aromatic N) is 3. The number of ether oxygens (including phenoxy) is 1. The maximum Gasteiger partial charge on any atom is 0.308 e. The largest absolute Gasteiger partial charge is 0.497 e. The zero-order valence-electron chi connectivity index (χ0n) is 21.6. The highest BCUT2D eigenvalue weighted by Gasteiger charge is 2.56. The number of rotatable bonds is 6. The first-order valence-corrected chi connectivity index (χ1v) is 14.2. The summed E-state index contributed by atoms with van der Waals surface area (Å²) in [7, 11) is 1.56. The lowest BCUT2D eigenvalue weighted by atomic mass is 9.84. The van der Waals surface area contributed by atoms with Gasteiger partial charge in [0, 0.05) is 28.9 Å². The Bertz CT molecular complexity index is 1670. The number of aromatic nitrogens is 2. The maximum atomic E-state index is 13.9. The molecule has 1 N–H and O–H groups in total. The summed E-state index contributed by atoms with van der Waals surface area (Å²) >= 11 is 2.19. The molecule has 2 unspecified atom stereocenters. The third-order valence-electron chi connectivity index (χ3n) is 7.06. The third kappa shape index (κ3) is 4.50. The van der Waals surface area contributed by atoms with Crippen LogP contribution in [0.15, 0.2) is 82.9 Å². The second kappa shape index (κ2) is 10.4. The highest BCUT2D eigenvalue weighted by molar-refractivity contribution is 8.00. The van der Waals surface area contributed by atoms with Crippen molar-refractivity contribution in [2.24, 2.45) is 5.92 Å². The van der Waals surface area contributed by atoms with Crippen molar-refractivity contribution in [1.29, 1.82) is 0 Å². The van der Waals surface area contributed by atoms with Crippen LogP contribution in [0.5, 0.6) is 5.75 Å². The predicted molar refractivity (Wildman–Crippen MR) is 153 cm³/mol. The lowest BCUT2D eigenvalue weighted by Crippen LogP contribution is -2.33. The van der Waals surface area contributed by atoms with Crippen LogP contribution >= 0.6 is 23.1 Å². The van der Waals surface area contributed by atoms with Gasteiger partial charge < -0.3 is 10.1 Å². The van der Waals surface area contributed by atoms with Gasteiger partial charge in [0.25, 0.3) is 0 Å². The molecule has 2 aliphatic heterocycles. The molecule has 0 saturated carbocycles. The minimum absolute atomic E-state index is 0.231. The molecule has 1 fully saturated rings. The number of anilines is 2. The van der Waals surface area contributed by atoms with Crippen LogP contribution in [0.1, 0.15) is 21.9 Å². The number of thiazole rings is 1. The second-order valence-electron chi connectivity index (χ2n) is 9.58. The molecule has 2 aromatic heterocycles. The Kier molecular flexibility index (Phi) is 6.77. The van der Waals surface area contributed by atoms with E-state index in [9.17, 15) is 19.2 Å². The number of carbonyl (C=O) groups is 3. The number of imide groups is 1. The molecule has 40 heavy (non-hydrogen) atoms. The summed E-state index contributed by atoms with van der Waals surface area (Å²) in [5, 5.41) is 2.58. The van der Waals surface area contributed by atoms with E-state index in [1.54, 1.807) is 62.0 Å². The van der Waals surface area contributed by atoms with E-state index < -0.39 is 17.1 Å². The topological polar surface area (TPSA) is 111 Å². The number of methoxy groups -OCH3 is 1. The van der Waals surface area contributed by atoms with Crippen molar-refractivity contribution in [3.63, 3.8) is 0 Å². The number of thioether (sulfide) groups is 1. The Balaban J connectivity index is 1.37. The van der Waals surface area contributed by atoms with Gasteiger partial charge in [-0.2, -0.15) is 0 Å². The molecular weight excluding hydrogens is 548 g/mol. The summed E-state index contributed by atoms with van der Waals surface area (Å²) in [4.78, 5) is 59.7. The van der Waals surface area contributed by atoms with Gasteiger partial charge in [0.15, 0.2) is 0 Å². The molecular formula is C29H24N4O5S2. The predicted octanol–water partition coefficient (Wildman–Crippen LogP) is 4.06. The number of hydrogen-bond donors (Lipinski definition) is 1. The molecule has 4 heterocycles. The lowest BCUT2D eigenvalue weighted by molar-refractivity contribution is -0.122. The summed E-state index contributed by atoms with van der Waals surface area (Å²) in [6.45, 7) is 1.71. The van der Waals surface area contributed by atoms with Gasteiger partial charge >= 0.3 is 4.87 Å². The van der Waals surface area contributed by atoms with Gasteiger partial charge in [-0.25, -0.2) is 4.90 Å². The molecule has 2 aliphatic rings. The molecule has 2 aromatic carbocycles. The smallest absolute Gasteiger partial charge is 0.308 e. The van der Waals surface area contributed by atoms with Gasteiger partial charge in [0.2, 0.25) is 17.7 Å². The first-order valence-electron chi connectivity index (χ1n) is 12.5. The lowest BCUT2D eigenvalue weighted by Gasteiger charge is -2.30. The standard InChI is InChI=1S/C29H24N4O5S2/c1-16-5-9-19(10-6-16)33-26(35)23-22(17-4-3-13-30-14-17)25-28(39-24(23)27(33)36)32(29(37)40-25)15-21(34)31-18-7-11-20(38-2)12-8-18/h3-14,22-24H,15H2,1-2H3,(H,31,34)/t22-,23?,24?/m1/s1. The first-order chi connectivity index (χ1) is 19.4. The van der Waals surface area contributed by atoms with Gasteiger partial charge in [-0.05, 0) is 55.0 Å². The quantitative estimate of drug-likeness (QED) is 0.347. The summed E-state index contributed by atoms with van der Waals surface area (Å²) in [5.74, 6) is -1.64. The highest BCUT2D eigenvalue weighted by atomic mass is 32.2. The molecule has 11 heteroatoms. The fourth-order valence-electron chi connectivity index (χ4n) is 5.14. The van der Waals surface area contributed by atoms with Crippen molar-refractivity contribution in [2.75, 3.05) is 17.3 Å². The Hall–Kier alpha value is -4.22. The summed E-state index contributed by atoms with van der Waals surface area (Å²) in [5.41, 5.74) is 2.83. The molecule has 0 radical (unpaired) electrons. The second-order valence-corrected chi connectivity index (χ2v) is 11.7. The number of benzene rings is 2. The van der Waals surface area contributed by atoms with E-state index in [1.165, 1.54) is 21.2 Å². The van der Waals surface area contributed by atoms with Crippen molar-refractivity contribution < 1.29 is 19.1 Å². The van der Waals surface area contributed by atoms with Crippen LogP contribution in [0, 0.1) is 12.8 Å². The molecule has 0 bridgehead atoms. The van der Waals surface area contributed by atoms with E-state index in [0.717, 1.165) is 22.5 Å². The van der Waals surface area contributed by atoms with Crippen molar-refractivity contribution in [1.82, 2.24) is 9.55 Å². The average molecular weight is 573 g/mol. The summed E-state index contributed by atoms with van der Waals surface area (Å²) in [6.07, 6.45) is 3.30. The molecule has 9 nitrogen and oxygen atoms in total. The summed E-state index contributed by atoms with van der Waals surface area (Å²) < 4.78 is 6.55. The van der Waals surface area contributed by atoms with Crippen molar-refractivity contribution in [3.8, 4) is 5.75 Å². The van der Waals surface area contributed by atoms with E-state index in [2.05, 4.69) is 10.3 Å². The van der Waals surface area contributed by atoms with Crippen molar-refractivity contribution >= 4 is 52.2 Å². The molecule has 6 rings (SSSR count). The molecule has 3 atom stereocenters. The van der Waals surface area contributed by atoms with Crippen LogP contribution in [-0.2, 0) is 20.9 Å². The Morgan fingerprint density at radius 3 is 2.45 bits per heavy atom. The van der Waals surface area contributed by atoms with Gasteiger partial charge in [-0.15, -0.1) is 0 Å². The van der Waals surface area contributed by atoms with Gasteiger partial charge in [0.05, 0.1) is 23.7 Å². The van der Waals surface area contributed by atoms with E-state index in [4.69, 9.17) is 4.74 Å². The normalized spacial score (nSPS) is 19.8. The molecule has 202 valence electrons. The molecule has 1 saturated heterocycles. The minimum atomic E-state index is -0.753. The van der Waals surface area contributed by atoms with Crippen LogP contribution in [0.3, 0.4) is 0 Å². The number of aryl methyl sites for hydroxylation is 1. The number of hydrogen-bond acceptors (Lipinski definition) is 8. The molecule has 0 spiro atoms. The fraction of sp³-hybridized carbons (Fsp3) is 0.207. The van der Waals surface area contributed by atoms with Gasteiger partial charge in [-0.3, -0.25) is 28.7 Å². The average Bonchev–Trinajstić information content (AvgIpc) is 3.40. The summed E-state index contributed by atoms with van der Waals surface area (Å²) in [6, 6.07) is 17.8. The fourth-order valence-corrected chi connectivity index (χ4v) is 7.91. The van der Waals surface area contributed by atoms with E-state index in [-0.39, 0.29) is 29.1 Å². The Labute approximate surface area is 237 Å². The molecule has 4 aromatic rings. The maximum absolute atomic E-state index is 13.9. The molecule has 3 amide bonds. The van der Waals surface area contributed by atoms with Crippen molar-refractivity contribution in [3.05, 3.63) is 98.7 Å².